The zero-order valence-corrected chi connectivity index (χ0v) is 10.8. The zero-order valence-electron chi connectivity index (χ0n) is 10.8. The van der Waals surface area contributed by atoms with Crippen LogP contribution in [0.15, 0.2) is 24.5 Å². The molecule has 5 nitrogen and oxygen atoms in total. The van der Waals surface area contributed by atoms with E-state index in [-0.39, 0.29) is 0 Å². The molecular weight excluding hydrogens is 228 g/mol. The van der Waals surface area contributed by atoms with Crippen LogP contribution in [-0.4, -0.2) is 42.1 Å². The van der Waals surface area contributed by atoms with Crippen LogP contribution in [0.1, 0.15) is 6.42 Å². The second-order valence-electron chi connectivity index (χ2n) is 4.46. The summed E-state index contributed by atoms with van der Waals surface area (Å²) in [6, 6.07) is 5.55. The van der Waals surface area contributed by atoms with Crippen LogP contribution in [-0.2, 0) is 0 Å². The number of aromatic nitrogens is 2. The summed E-state index contributed by atoms with van der Waals surface area (Å²) in [6.45, 7) is 1.64. The average molecular weight is 246 g/mol. The van der Waals surface area contributed by atoms with Crippen LogP contribution in [0.3, 0.4) is 0 Å². The number of nitrogens with zero attached hydrogens (tertiary/aromatic N) is 3. The van der Waals surface area contributed by atoms with Gasteiger partial charge in [0.2, 0.25) is 5.88 Å². The van der Waals surface area contributed by atoms with Crippen molar-refractivity contribution in [3.63, 3.8) is 0 Å². The lowest BCUT2D eigenvalue weighted by atomic mass is 10.2. The monoisotopic (exact) mass is 246 g/mol. The molecule has 0 aliphatic heterocycles. The molecule has 0 aliphatic rings. The fraction of sp³-hybridized carbons (Fsp3) is 0.385. The number of ether oxygens (including phenoxy) is 1. The van der Waals surface area contributed by atoms with Gasteiger partial charge in [0.25, 0.3) is 0 Å². The first kappa shape index (κ1) is 12.6. The minimum atomic E-state index is 0.624. The van der Waals surface area contributed by atoms with Crippen molar-refractivity contribution >= 4 is 16.6 Å². The van der Waals surface area contributed by atoms with Crippen LogP contribution >= 0.6 is 0 Å². The lowest BCUT2D eigenvalue weighted by molar-refractivity contribution is 0.276. The van der Waals surface area contributed by atoms with Gasteiger partial charge in [0, 0.05) is 12.2 Å². The molecule has 0 spiro atoms. The number of hydrogen-bond donors (Lipinski definition) is 1. The second kappa shape index (κ2) is 5.64. The fourth-order valence-corrected chi connectivity index (χ4v) is 1.71. The predicted octanol–water partition coefficient (Wildman–Crippen LogP) is 1.54. The standard InChI is InChI=1S/C13H18N4O/c1-17(2)6-3-7-18-13-11-5-4-10(14)8-12(11)15-9-16-13/h4-5,8-9H,3,6-7,14H2,1-2H3. The molecule has 0 fully saturated rings. The smallest absolute Gasteiger partial charge is 0.224 e. The van der Waals surface area contributed by atoms with Crippen LogP contribution in [0, 0.1) is 0 Å². The number of nitrogen functional groups attached to an aromatic ring is 1. The molecule has 2 aromatic rings. The molecule has 18 heavy (non-hydrogen) atoms. The van der Waals surface area contributed by atoms with Gasteiger partial charge < -0.3 is 15.4 Å². The molecule has 0 bridgehead atoms. The Hall–Kier alpha value is -1.88. The van der Waals surface area contributed by atoms with Crippen molar-refractivity contribution in [2.45, 2.75) is 6.42 Å². The van der Waals surface area contributed by atoms with E-state index in [0.29, 0.717) is 18.2 Å². The van der Waals surface area contributed by atoms with Crippen molar-refractivity contribution in [3.05, 3.63) is 24.5 Å². The topological polar surface area (TPSA) is 64.3 Å². The lowest BCUT2D eigenvalue weighted by Gasteiger charge is -2.10. The van der Waals surface area contributed by atoms with E-state index in [0.717, 1.165) is 23.9 Å². The van der Waals surface area contributed by atoms with Gasteiger partial charge in [-0.25, -0.2) is 9.97 Å². The summed E-state index contributed by atoms with van der Waals surface area (Å²) in [7, 11) is 4.09. The molecule has 2 rings (SSSR count). The highest BCUT2D eigenvalue weighted by molar-refractivity contribution is 5.85. The summed E-state index contributed by atoms with van der Waals surface area (Å²) >= 11 is 0. The largest absolute Gasteiger partial charge is 0.477 e. The van der Waals surface area contributed by atoms with Gasteiger partial charge in [-0.2, -0.15) is 0 Å². The molecule has 0 amide bonds. The molecule has 0 saturated carbocycles. The maximum atomic E-state index is 5.72. The van der Waals surface area contributed by atoms with Gasteiger partial charge in [-0.3, -0.25) is 0 Å². The van der Waals surface area contributed by atoms with E-state index >= 15 is 0 Å². The first-order chi connectivity index (χ1) is 8.66. The van der Waals surface area contributed by atoms with Crippen molar-refractivity contribution in [2.24, 2.45) is 0 Å². The average Bonchev–Trinajstić information content (AvgIpc) is 2.34. The number of anilines is 1. The van der Waals surface area contributed by atoms with E-state index in [4.69, 9.17) is 10.5 Å². The Kier molecular flexibility index (Phi) is 3.94. The zero-order chi connectivity index (χ0) is 13.0. The summed E-state index contributed by atoms with van der Waals surface area (Å²) in [6.07, 6.45) is 2.47. The quantitative estimate of drug-likeness (QED) is 0.640. The minimum Gasteiger partial charge on any atom is -0.477 e. The third-order valence-corrected chi connectivity index (χ3v) is 2.61. The van der Waals surface area contributed by atoms with Crippen molar-refractivity contribution in [2.75, 3.05) is 33.0 Å². The summed E-state index contributed by atoms with van der Waals surface area (Å²) in [5.74, 6) is 0.624. The third-order valence-electron chi connectivity index (χ3n) is 2.61. The van der Waals surface area contributed by atoms with Crippen molar-refractivity contribution < 1.29 is 4.74 Å². The molecule has 2 N–H and O–H groups in total. The minimum absolute atomic E-state index is 0.624. The first-order valence-electron chi connectivity index (χ1n) is 5.94. The molecule has 1 aromatic carbocycles. The maximum absolute atomic E-state index is 5.72. The van der Waals surface area contributed by atoms with Crippen LogP contribution < -0.4 is 10.5 Å². The van der Waals surface area contributed by atoms with E-state index in [1.54, 1.807) is 0 Å². The van der Waals surface area contributed by atoms with Crippen LogP contribution in [0.4, 0.5) is 5.69 Å². The van der Waals surface area contributed by atoms with E-state index < -0.39 is 0 Å². The second-order valence-corrected chi connectivity index (χ2v) is 4.46. The summed E-state index contributed by atoms with van der Waals surface area (Å²) in [5, 5.41) is 0.900. The van der Waals surface area contributed by atoms with Crippen molar-refractivity contribution in [1.82, 2.24) is 14.9 Å². The van der Waals surface area contributed by atoms with Crippen LogP contribution in [0.5, 0.6) is 5.88 Å². The Morgan fingerprint density at radius 3 is 2.89 bits per heavy atom. The number of nitrogens with two attached hydrogens (primary N) is 1. The van der Waals surface area contributed by atoms with Gasteiger partial charge in [0.05, 0.1) is 17.5 Å². The summed E-state index contributed by atoms with van der Waals surface area (Å²) in [5.41, 5.74) is 7.23. The molecule has 96 valence electrons. The van der Waals surface area contributed by atoms with Gasteiger partial charge in [-0.1, -0.05) is 0 Å². The fourth-order valence-electron chi connectivity index (χ4n) is 1.71. The number of benzene rings is 1. The van der Waals surface area contributed by atoms with Gasteiger partial charge in [-0.15, -0.1) is 0 Å². The third kappa shape index (κ3) is 3.07. The highest BCUT2D eigenvalue weighted by Gasteiger charge is 2.04. The number of hydrogen-bond acceptors (Lipinski definition) is 5. The molecule has 0 atom stereocenters. The van der Waals surface area contributed by atoms with E-state index in [1.807, 2.05) is 32.3 Å². The lowest BCUT2D eigenvalue weighted by Crippen LogP contribution is -2.15. The number of fused-ring (bicyclic) bond motifs is 1. The predicted molar refractivity (Wildman–Crippen MR) is 72.6 cm³/mol. The molecule has 5 heteroatoms. The summed E-state index contributed by atoms with van der Waals surface area (Å²) in [4.78, 5) is 10.5. The Balaban J connectivity index is 2.08. The highest BCUT2D eigenvalue weighted by atomic mass is 16.5. The molecule has 0 radical (unpaired) electrons. The molecule has 0 saturated heterocycles. The Morgan fingerprint density at radius 1 is 1.28 bits per heavy atom. The first-order valence-corrected chi connectivity index (χ1v) is 5.94. The van der Waals surface area contributed by atoms with Crippen LogP contribution in [0.2, 0.25) is 0 Å². The molecule has 0 aliphatic carbocycles. The van der Waals surface area contributed by atoms with Gasteiger partial charge in [0.15, 0.2) is 0 Å². The van der Waals surface area contributed by atoms with Gasteiger partial charge in [0.1, 0.15) is 6.33 Å². The number of rotatable bonds is 5. The molecule has 1 aromatic heterocycles. The van der Waals surface area contributed by atoms with Crippen LogP contribution in [0.25, 0.3) is 10.9 Å². The normalized spacial score (nSPS) is 11.1. The van der Waals surface area contributed by atoms with E-state index in [2.05, 4.69) is 14.9 Å². The van der Waals surface area contributed by atoms with Gasteiger partial charge >= 0.3 is 0 Å². The Labute approximate surface area is 107 Å². The molecule has 1 heterocycles. The SMILES string of the molecule is CN(C)CCCOc1ncnc2cc(N)ccc12. The Bertz CT molecular complexity index is 527. The maximum Gasteiger partial charge on any atom is 0.224 e. The van der Waals surface area contributed by atoms with Crippen molar-refractivity contribution in [1.29, 1.82) is 0 Å². The Morgan fingerprint density at radius 2 is 2.11 bits per heavy atom. The van der Waals surface area contributed by atoms with Crippen molar-refractivity contribution in [3.8, 4) is 5.88 Å². The highest BCUT2D eigenvalue weighted by Crippen LogP contribution is 2.22. The van der Waals surface area contributed by atoms with E-state index in [1.165, 1.54) is 6.33 Å². The molecular formula is C13H18N4O. The van der Waals surface area contributed by atoms with Gasteiger partial charge in [-0.05, 0) is 38.7 Å². The van der Waals surface area contributed by atoms with E-state index in [9.17, 15) is 0 Å². The summed E-state index contributed by atoms with van der Waals surface area (Å²) < 4.78 is 5.69. The molecule has 0 unspecified atom stereocenters.